The lowest BCUT2D eigenvalue weighted by atomic mass is 10.1. The third-order valence-electron chi connectivity index (χ3n) is 4.16. The number of hydrogen-bond donors (Lipinski definition) is 2. The highest BCUT2D eigenvalue weighted by molar-refractivity contribution is 5.77. The summed E-state index contributed by atoms with van der Waals surface area (Å²) >= 11 is 0. The molecule has 1 aliphatic heterocycles. The highest BCUT2D eigenvalue weighted by Crippen LogP contribution is 2.14. The molecule has 6 nitrogen and oxygen atoms in total. The van der Waals surface area contributed by atoms with Crippen molar-refractivity contribution in [3.8, 4) is 0 Å². The number of nitrogens with one attached hydrogen (secondary N) is 1. The Labute approximate surface area is 133 Å². The standard InChI is InChI=1S/C16H30N6/c1-2-3-4-5-6-8-11-18-16(17)19-13-15-21-20-14-10-7-9-12-22(14)15/h2-13H2,1H3,(H3,17,18,19). The number of aliphatic imine (C=N–C) groups is 1. The Morgan fingerprint density at radius 1 is 1.18 bits per heavy atom. The molecule has 3 N–H and O–H groups in total. The molecule has 0 fully saturated rings. The molecule has 2 heterocycles. The average molecular weight is 306 g/mol. The minimum absolute atomic E-state index is 0.515. The molecule has 0 bridgehead atoms. The van der Waals surface area contributed by atoms with E-state index in [1.807, 2.05) is 0 Å². The summed E-state index contributed by atoms with van der Waals surface area (Å²) in [6, 6.07) is 0. The molecular formula is C16H30N6. The molecule has 0 saturated heterocycles. The third kappa shape index (κ3) is 5.31. The molecule has 1 aromatic rings. The van der Waals surface area contributed by atoms with E-state index in [4.69, 9.17) is 5.73 Å². The Balaban J connectivity index is 1.64. The summed E-state index contributed by atoms with van der Waals surface area (Å²) in [6.45, 7) is 4.67. The maximum absolute atomic E-state index is 5.91. The molecule has 0 unspecified atom stereocenters. The van der Waals surface area contributed by atoms with E-state index in [2.05, 4.69) is 32.0 Å². The van der Waals surface area contributed by atoms with E-state index >= 15 is 0 Å². The first-order chi connectivity index (χ1) is 10.8. The van der Waals surface area contributed by atoms with Gasteiger partial charge in [-0.2, -0.15) is 0 Å². The van der Waals surface area contributed by atoms with E-state index < -0.39 is 0 Å². The van der Waals surface area contributed by atoms with Crippen molar-refractivity contribution >= 4 is 5.96 Å². The predicted octanol–water partition coefficient (Wildman–Crippen LogP) is 2.38. The fourth-order valence-corrected chi connectivity index (χ4v) is 2.82. The quantitative estimate of drug-likeness (QED) is 0.417. The van der Waals surface area contributed by atoms with E-state index in [9.17, 15) is 0 Å². The molecule has 22 heavy (non-hydrogen) atoms. The molecule has 0 aliphatic carbocycles. The Morgan fingerprint density at radius 2 is 2.00 bits per heavy atom. The van der Waals surface area contributed by atoms with Crippen LogP contribution in [-0.4, -0.2) is 27.3 Å². The summed E-state index contributed by atoms with van der Waals surface area (Å²) < 4.78 is 2.19. The second kappa shape index (κ2) is 9.43. The van der Waals surface area contributed by atoms with Crippen LogP contribution in [0.3, 0.4) is 0 Å². The van der Waals surface area contributed by atoms with Gasteiger partial charge in [-0.3, -0.25) is 0 Å². The van der Waals surface area contributed by atoms with Gasteiger partial charge in [-0.25, -0.2) is 4.99 Å². The van der Waals surface area contributed by atoms with Crippen LogP contribution in [0.2, 0.25) is 0 Å². The Hall–Kier alpha value is -1.59. The molecule has 0 spiro atoms. The number of guanidine groups is 1. The van der Waals surface area contributed by atoms with Crippen LogP contribution >= 0.6 is 0 Å². The number of fused-ring (bicyclic) bond motifs is 1. The highest BCUT2D eigenvalue weighted by Gasteiger charge is 2.14. The van der Waals surface area contributed by atoms with Crippen molar-refractivity contribution in [2.75, 3.05) is 6.54 Å². The van der Waals surface area contributed by atoms with Crippen molar-refractivity contribution in [2.24, 2.45) is 10.7 Å². The van der Waals surface area contributed by atoms with Crippen molar-refractivity contribution in [3.63, 3.8) is 0 Å². The number of aromatic nitrogens is 3. The van der Waals surface area contributed by atoms with Gasteiger partial charge in [0, 0.05) is 19.5 Å². The van der Waals surface area contributed by atoms with Crippen molar-refractivity contribution in [1.82, 2.24) is 20.1 Å². The molecule has 1 aromatic heterocycles. The summed E-state index contributed by atoms with van der Waals surface area (Å²) in [5, 5.41) is 11.6. The van der Waals surface area contributed by atoms with E-state index in [-0.39, 0.29) is 0 Å². The van der Waals surface area contributed by atoms with Crippen molar-refractivity contribution in [1.29, 1.82) is 0 Å². The van der Waals surface area contributed by atoms with E-state index in [1.165, 1.54) is 44.9 Å². The third-order valence-corrected chi connectivity index (χ3v) is 4.16. The molecule has 6 heteroatoms. The molecule has 0 amide bonds. The van der Waals surface area contributed by atoms with Crippen LogP contribution in [0, 0.1) is 0 Å². The van der Waals surface area contributed by atoms with Crippen LogP contribution < -0.4 is 11.1 Å². The van der Waals surface area contributed by atoms with Crippen LogP contribution in [0.1, 0.15) is 69.9 Å². The van der Waals surface area contributed by atoms with Crippen LogP contribution in [0.25, 0.3) is 0 Å². The first-order valence-corrected chi connectivity index (χ1v) is 8.76. The first-order valence-electron chi connectivity index (χ1n) is 8.76. The number of rotatable bonds is 9. The second-order valence-electron chi connectivity index (χ2n) is 6.04. The maximum Gasteiger partial charge on any atom is 0.189 e. The monoisotopic (exact) mass is 306 g/mol. The van der Waals surface area contributed by atoms with E-state index in [0.717, 1.165) is 37.6 Å². The van der Waals surface area contributed by atoms with Gasteiger partial charge in [-0.15, -0.1) is 10.2 Å². The maximum atomic E-state index is 5.91. The number of nitrogens with two attached hydrogens (primary N) is 1. The average Bonchev–Trinajstić information content (AvgIpc) is 2.95. The van der Waals surface area contributed by atoms with Gasteiger partial charge in [0.15, 0.2) is 11.8 Å². The van der Waals surface area contributed by atoms with E-state index in [1.54, 1.807) is 0 Å². The Bertz CT molecular complexity index is 465. The van der Waals surface area contributed by atoms with Gasteiger partial charge < -0.3 is 15.6 Å². The van der Waals surface area contributed by atoms with Crippen LogP contribution in [-0.2, 0) is 19.5 Å². The fraction of sp³-hybridized carbons (Fsp3) is 0.812. The van der Waals surface area contributed by atoms with Crippen LogP contribution in [0.15, 0.2) is 4.99 Å². The largest absolute Gasteiger partial charge is 0.370 e. The summed E-state index contributed by atoms with van der Waals surface area (Å²) in [7, 11) is 0. The fourth-order valence-electron chi connectivity index (χ4n) is 2.82. The molecular weight excluding hydrogens is 276 g/mol. The molecule has 0 saturated carbocycles. The Morgan fingerprint density at radius 3 is 2.86 bits per heavy atom. The smallest absolute Gasteiger partial charge is 0.189 e. The second-order valence-corrected chi connectivity index (χ2v) is 6.04. The van der Waals surface area contributed by atoms with Gasteiger partial charge in [-0.05, 0) is 19.3 Å². The summed E-state index contributed by atoms with van der Waals surface area (Å²) in [5.41, 5.74) is 5.91. The molecule has 0 aromatic carbocycles. The topological polar surface area (TPSA) is 81.1 Å². The van der Waals surface area contributed by atoms with Crippen LogP contribution in [0.5, 0.6) is 0 Å². The zero-order valence-electron chi connectivity index (χ0n) is 13.9. The first kappa shape index (κ1) is 16.8. The zero-order chi connectivity index (χ0) is 15.6. The zero-order valence-corrected chi connectivity index (χ0v) is 13.9. The minimum atomic E-state index is 0.515. The van der Waals surface area contributed by atoms with Crippen molar-refractivity contribution < 1.29 is 0 Å². The SMILES string of the molecule is CCCCCCCCNC(N)=NCc1nnc2n1CCCC2. The van der Waals surface area contributed by atoms with Gasteiger partial charge >= 0.3 is 0 Å². The van der Waals surface area contributed by atoms with Crippen LogP contribution in [0.4, 0.5) is 0 Å². The summed E-state index contributed by atoms with van der Waals surface area (Å²) in [5.74, 6) is 2.54. The minimum Gasteiger partial charge on any atom is -0.370 e. The van der Waals surface area contributed by atoms with Gasteiger partial charge in [-0.1, -0.05) is 39.0 Å². The van der Waals surface area contributed by atoms with Gasteiger partial charge in [0.2, 0.25) is 0 Å². The molecule has 2 rings (SSSR count). The normalized spacial score (nSPS) is 14.9. The molecule has 0 atom stereocenters. The highest BCUT2D eigenvalue weighted by atomic mass is 15.3. The number of unbranched alkanes of at least 4 members (excludes halogenated alkanes) is 5. The van der Waals surface area contributed by atoms with Gasteiger partial charge in [0.25, 0.3) is 0 Å². The number of hydrogen-bond acceptors (Lipinski definition) is 3. The molecule has 1 aliphatic rings. The lowest BCUT2D eigenvalue weighted by Crippen LogP contribution is -2.32. The van der Waals surface area contributed by atoms with Crippen molar-refractivity contribution in [3.05, 3.63) is 11.6 Å². The Kier molecular flexibility index (Phi) is 7.19. The summed E-state index contributed by atoms with van der Waals surface area (Å²) in [6.07, 6.45) is 11.2. The lowest BCUT2D eigenvalue weighted by molar-refractivity contribution is 0.508. The predicted molar refractivity (Wildman–Crippen MR) is 89.7 cm³/mol. The lowest BCUT2D eigenvalue weighted by Gasteiger charge is -2.14. The summed E-state index contributed by atoms with van der Waals surface area (Å²) in [4.78, 5) is 4.38. The molecule has 124 valence electrons. The van der Waals surface area contributed by atoms with Gasteiger partial charge in [0.1, 0.15) is 12.4 Å². The van der Waals surface area contributed by atoms with Crippen molar-refractivity contribution in [2.45, 2.75) is 77.8 Å². The van der Waals surface area contributed by atoms with E-state index in [0.29, 0.717) is 12.5 Å². The number of nitrogens with zero attached hydrogens (tertiary/aromatic N) is 4. The van der Waals surface area contributed by atoms with Gasteiger partial charge in [0.05, 0.1) is 0 Å². The molecule has 0 radical (unpaired) electrons. The number of aryl methyl sites for hydroxylation is 1.